The van der Waals surface area contributed by atoms with E-state index in [1.165, 1.54) is 16.7 Å². The van der Waals surface area contributed by atoms with Crippen LogP contribution >= 0.6 is 0 Å². The Morgan fingerprint density at radius 3 is 1.00 bits per heavy atom. The van der Waals surface area contributed by atoms with Crippen LogP contribution in [0.2, 0.25) is 0 Å². The Labute approximate surface area is 327 Å². The number of hydrogen-bond acceptors (Lipinski definition) is 5. The quantitative estimate of drug-likeness (QED) is 0.156. The molecule has 0 spiro atoms. The third-order valence-electron chi connectivity index (χ3n) is 9.89. The maximum absolute atomic E-state index is 5.09. The molecule has 9 rings (SSSR count). The average molecular weight is 720 g/mol. The minimum absolute atomic E-state index is 0.606. The number of benzene rings is 7. The van der Waals surface area contributed by atoms with Crippen molar-refractivity contribution in [2.45, 2.75) is 13.8 Å². The molecule has 0 unspecified atom stereocenters. The van der Waals surface area contributed by atoms with E-state index in [4.69, 9.17) is 24.9 Å². The first kappa shape index (κ1) is 34.4. The van der Waals surface area contributed by atoms with Crippen molar-refractivity contribution in [2.24, 2.45) is 0 Å². The Bertz CT molecular complexity index is 2700. The summed E-state index contributed by atoms with van der Waals surface area (Å²) in [5.41, 5.74) is 14.7. The lowest BCUT2D eigenvalue weighted by Gasteiger charge is -2.14. The predicted molar refractivity (Wildman–Crippen MR) is 228 cm³/mol. The van der Waals surface area contributed by atoms with Gasteiger partial charge in [-0.15, -0.1) is 0 Å². The summed E-state index contributed by atoms with van der Waals surface area (Å²) >= 11 is 0. The van der Waals surface area contributed by atoms with Gasteiger partial charge in [-0.05, 0) is 82.6 Å². The molecule has 0 N–H and O–H groups in total. The molecule has 2 aromatic heterocycles. The number of rotatable bonds is 8. The third kappa shape index (κ3) is 7.26. The van der Waals surface area contributed by atoms with E-state index in [9.17, 15) is 0 Å². The second-order valence-electron chi connectivity index (χ2n) is 13.9. The highest BCUT2D eigenvalue weighted by Gasteiger charge is 2.16. The lowest BCUT2D eigenvalue weighted by molar-refractivity contribution is 1.06. The van der Waals surface area contributed by atoms with Crippen LogP contribution in [0.3, 0.4) is 0 Å². The Hall–Kier alpha value is -7.37. The summed E-state index contributed by atoms with van der Waals surface area (Å²) < 4.78 is 0. The standard InChI is InChI=1S/C51H37N5/c1-34-30-35(2)53-48(52-34)42-28-24-37(25-29-42)44-31-43(36-22-26-39(27-23-36)47-21-13-12-20-46(47)38-14-6-3-7-15-38)32-45(33-44)51-55-49(40-16-8-4-9-17-40)54-50(56-51)41-18-10-5-11-19-41/h3-33H,1-2H3. The van der Waals surface area contributed by atoms with Gasteiger partial charge in [-0.3, -0.25) is 0 Å². The Balaban J connectivity index is 1.18. The Morgan fingerprint density at radius 1 is 0.232 bits per heavy atom. The number of hydrogen-bond donors (Lipinski definition) is 0. The summed E-state index contributed by atoms with van der Waals surface area (Å²) in [5.74, 6) is 2.58. The molecule has 0 atom stereocenters. The van der Waals surface area contributed by atoms with Crippen LogP contribution in [0.1, 0.15) is 11.4 Å². The van der Waals surface area contributed by atoms with Crippen LogP contribution < -0.4 is 0 Å². The summed E-state index contributed by atoms with van der Waals surface area (Å²) in [6, 6.07) is 65.2. The molecule has 5 heteroatoms. The molecule has 0 aliphatic heterocycles. The van der Waals surface area contributed by atoms with Gasteiger partial charge in [-0.1, -0.05) is 164 Å². The van der Waals surface area contributed by atoms with Gasteiger partial charge in [0.2, 0.25) is 0 Å². The van der Waals surface area contributed by atoms with Gasteiger partial charge in [-0.25, -0.2) is 24.9 Å². The largest absolute Gasteiger partial charge is 0.233 e. The zero-order valence-electron chi connectivity index (χ0n) is 31.1. The molecule has 2 heterocycles. The molecule has 0 aliphatic carbocycles. The highest BCUT2D eigenvalue weighted by Crippen LogP contribution is 2.37. The maximum Gasteiger partial charge on any atom is 0.164 e. The zero-order valence-corrected chi connectivity index (χ0v) is 31.1. The molecule has 0 fully saturated rings. The molecular formula is C51H37N5. The summed E-state index contributed by atoms with van der Waals surface area (Å²) in [6.45, 7) is 4.00. The first-order valence-corrected chi connectivity index (χ1v) is 18.7. The number of aryl methyl sites for hydroxylation is 2. The van der Waals surface area contributed by atoms with Crippen molar-refractivity contribution < 1.29 is 0 Å². The molecule has 266 valence electrons. The molecule has 0 bridgehead atoms. The van der Waals surface area contributed by atoms with Crippen LogP contribution in [0, 0.1) is 13.8 Å². The molecule has 5 nitrogen and oxygen atoms in total. The van der Waals surface area contributed by atoms with Gasteiger partial charge in [0.05, 0.1) is 0 Å². The van der Waals surface area contributed by atoms with Crippen LogP contribution in [0.15, 0.2) is 188 Å². The SMILES string of the molecule is Cc1cc(C)nc(-c2ccc(-c3cc(-c4ccc(-c5ccccc5-c5ccccc5)cc4)cc(-c4nc(-c5ccccc5)nc(-c5ccccc5)n4)c3)cc2)n1. The van der Waals surface area contributed by atoms with Crippen molar-refractivity contribution in [3.63, 3.8) is 0 Å². The number of aromatic nitrogens is 5. The van der Waals surface area contributed by atoms with E-state index in [1.54, 1.807) is 0 Å². The second-order valence-corrected chi connectivity index (χ2v) is 13.9. The first-order valence-electron chi connectivity index (χ1n) is 18.7. The molecule has 9 aromatic rings. The first-order chi connectivity index (χ1) is 27.5. The minimum atomic E-state index is 0.606. The van der Waals surface area contributed by atoms with Crippen molar-refractivity contribution in [3.8, 4) is 90.1 Å². The minimum Gasteiger partial charge on any atom is -0.233 e. The summed E-state index contributed by atoms with van der Waals surface area (Å²) in [7, 11) is 0. The van der Waals surface area contributed by atoms with E-state index in [2.05, 4.69) is 121 Å². The molecule has 0 aliphatic rings. The lowest BCUT2D eigenvalue weighted by Crippen LogP contribution is -2.00. The van der Waals surface area contributed by atoms with E-state index < -0.39 is 0 Å². The van der Waals surface area contributed by atoms with Gasteiger partial charge < -0.3 is 0 Å². The second kappa shape index (κ2) is 15.2. The van der Waals surface area contributed by atoms with Crippen LogP contribution in [0.25, 0.3) is 90.1 Å². The lowest BCUT2D eigenvalue weighted by atomic mass is 9.92. The van der Waals surface area contributed by atoms with Crippen molar-refractivity contribution in [1.82, 2.24) is 24.9 Å². The highest BCUT2D eigenvalue weighted by atomic mass is 15.0. The van der Waals surface area contributed by atoms with Gasteiger partial charge >= 0.3 is 0 Å². The van der Waals surface area contributed by atoms with Crippen LogP contribution in [0.4, 0.5) is 0 Å². The summed E-state index contributed by atoms with van der Waals surface area (Å²) in [5, 5.41) is 0. The topological polar surface area (TPSA) is 64.5 Å². The van der Waals surface area contributed by atoms with E-state index >= 15 is 0 Å². The van der Waals surface area contributed by atoms with Gasteiger partial charge in [0.25, 0.3) is 0 Å². The highest BCUT2D eigenvalue weighted by molar-refractivity contribution is 5.86. The van der Waals surface area contributed by atoms with E-state index in [1.807, 2.05) is 80.6 Å². The molecule has 0 amide bonds. The van der Waals surface area contributed by atoms with Crippen molar-refractivity contribution in [1.29, 1.82) is 0 Å². The molecule has 0 saturated carbocycles. The fourth-order valence-corrected chi connectivity index (χ4v) is 7.14. The van der Waals surface area contributed by atoms with Gasteiger partial charge in [0.1, 0.15) is 0 Å². The van der Waals surface area contributed by atoms with E-state index in [0.717, 1.165) is 67.3 Å². The molecule has 56 heavy (non-hydrogen) atoms. The van der Waals surface area contributed by atoms with Crippen molar-refractivity contribution >= 4 is 0 Å². The van der Waals surface area contributed by atoms with Gasteiger partial charge in [0, 0.05) is 33.6 Å². The zero-order chi connectivity index (χ0) is 37.8. The number of nitrogens with zero attached hydrogens (tertiary/aromatic N) is 5. The monoisotopic (exact) mass is 719 g/mol. The van der Waals surface area contributed by atoms with Crippen LogP contribution in [-0.4, -0.2) is 24.9 Å². The fourth-order valence-electron chi connectivity index (χ4n) is 7.14. The average Bonchev–Trinajstić information content (AvgIpc) is 3.27. The van der Waals surface area contributed by atoms with Crippen LogP contribution in [0.5, 0.6) is 0 Å². The normalized spacial score (nSPS) is 11.0. The van der Waals surface area contributed by atoms with Gasteiger partial charge in [-0.2, -0.15) is 0 Å². The van der Waals surface area contributed by atoms with E-state index in [0.29, 0.717) is 17.5 Å². The summed E-state index contributed by atoms with van der Waals surface area (Å²) in [6.07, 6.45) is 0. The molecule has 0 saturated heterocycles. The molecule has 0 radical (unpaired) electrons. The third-order valence-corrected chi connectivity index (χ3v) is 9.89. The molecular weight excluding hydrogens is 683 g/mol. The van der Waals surface area contributed by atoms with Gasteiger partial charge in [0.15, 0.2) is 23.3 Å². The fraction of sp³-hybridized carbons (Fsp3) is 0.0392. The van der Waals surface area contributed by atoms with Crippen molar-refractivity contribution in [3.05, 3.63) is 199 Å². The van der Waals surface area contributed by atoms with Crippen molar-refractivity contribution in [2.75, 3.05) is 0 Å². The molecule has 7 aromatic carbocycles. The smallest absolute Gasteiger partial charge is 0.164 e. The van der Waals surface area contributed by atoms with E-state index in [-0.39, 0.29) is 0 Å². The maximum atomic E-state index is 5.09. The Kier molecular flexibility index (Phi) is 9.32. The predicted octanol–water partition coefficient (Wildman–Crippen LogP) is 12.6. The summed E-state index contributed by atoms with van der Waals surface area (Å²) in [4.78, 5) is 24.5. The van der Waals surface area contributed by atoms with Crippen LogP contribution in [-0.2, 0) is 0 Å². The Morgan fingerprint density at radius 2 is 0.536 bits per heavy atom.